The third kappa shape index (κ3) is 4.58. The first-order valence-electron chi connectivity index (χ1n) is 9.75. The predicted molar refractivity (Wildman–Crippen MR) is 128 cm³/mol. The van der Waals surface area contributed by atoms with E-state index >= 15 is 0 Å². The molecule has 162 valence electrons. The third-order valence-corrected chi connectivity index (χ3v) is 6.63. The van der Waals surface area contributed by atoms with E-state index in [1.807, 2.05) is 52.4 Å². The molecule has 9 heteroatoms. The number of aromatic nitrogens is 4. The fraction of sp³-hybridized carbons (Fsp3) is 0.130. The number of hydrogen-bond donors (Lipinski definition) is 1. The van der Waals surface area contributed by atoms with Crippen molar-refractivity contribution in [1.82, 2.24) is 19.7 Å². The van der Waals surface area contributed by atoms with Crippen LogP contribution in [0.25, 0.3) is 22.0 Å². The number of carbonyl (C=O) groups is 1. The minimum Gasteiger partial charge on any atom is -0.496 e. The summed E-state index contributed by atoms with van der Waals surface area (Å²) >= 11 is 3.13. The van der Waals surface area contributed by atoms with Gasteiger partial charge in [0.2, 0.25) is 5.91 Å². The smallest absolute Gasteiger partial charge is 0.248 e. The molecule has 1 amide bonds. The summed E-state index contributed by atoms with van der Waals surface area (Å²) in [6.45, 7) is 4.45. The van der Waals surface area contributed by atoms with E-state index in [-0.39, 0.29) is 0 Å². The molecule has 0 saturated carbocycles. The van der Waals surface area contributed by atoms with E-state index < -0.39 is 5.91 Å². The van der Waals surface area contributed by atoms with Gasteiger partial charge in [0.05, 0.1) is 18.4 Å². The minimum atomic E-state index is -0.441. The number of nitrogens with two attached hydrogens (primary N) is 1. The Morgan fingerprint density at radius 2 is 2.00 bits per heavy atom. The molecule has 0 aliphatic heterocycles. The van der Waals surface area contributed by atoms with Crippen molar-refractivity contribution >= 4 is 29.0 Å². The van der Waals surface area contributed by atoms with Crippen LogP contribution in [0, 0.1) is 0 Å². The molecule has 2 N–H and O–H groups in total. The van der Waals surface area contributed by atoms with Crippen LogP contribution in [0.3, 0.4) is 0 Å². The average Bonchev–Trinajstić information content (AvgIpc) is 3.45. The van der Waals surface area contributed by atoms with Gasteiger partial charge in [-0.2, -0.15) is 0 Å². The molecule has 4 rings (SSSR count). The molecule has 32 heavy (non-hydrogen) atoms. The number of carbonyl (C=O) groups excluding carboxylic acids is 1. The number of thioether (sulfide) groups is 1. The molecule has 0 aliphatic carbocycles. The maximum Gasteiger partial charge on any atom is 0.248 e. The first kappa shape index (κ1) is 21.8. The first-order valence-corrected chi connectivity index (χ1v) is 11.6. The SMILES string of the molecule is C=CCn1c(SCc2csc(-c3ccc(C(N)=O)cc3)n2)nnc1-c1ccccc1OC. The number of primary amides is 1. The lowest BCUT2D eigenvalue weighted by molar-refractivity contribution is 0.100. The Balaban J connectivity index is 1.53. The van der Waals surface area contributed by atoms with Gasteiger partial charge in [0.1, 0.15) is 10.8 Å². The van der Waals surface area contributed by atoms with Gasteiger partial charge in [0.25, 0.3) is 0 Å². The molecular weight excluding hydrogens is 442 g/mol. The number of allylic oxidation sites excluding steroid dienone is 1. The van der Waals surface area contributed by atoms with Crippen molar-refractivity contribution in [3.63, 3.8) is 0 Å². The Morgan fingerprint density at radius 3 is 2.72 bits per heavy atom. The van der Waals surface area contributed by atoms with E-state index in [1.54, 1.807) is 42.3 Å². The average molecular weight is 464 g/mol. The second-order valence-corrected chi connectivity index (χ2v) is 8.58. The molecule has 0 saturated heterocycles. The Kier molecular flexibility index (Phi) is 6.67. The summed E-state index contributed by atoms with van der Waals surface area (Å²) in [7, 11) is 1.64. The minimum absolute atomic E-state index is 0.441. The van der Waals surface area contributed by atoms with Crippen molar-refractivity contribution < 1.29 is 9.53 Å². The molecule has 0 radical (unpaired) electrons. The summed E-state index contributed by atoms with van der Waals surface area (Å²) in [4.78, 5) is 16.0. The first-order chi connectivity index (χ1) is 15.6. The van der Waals surface area contributed by atoms with Crippen LogP contribution in [0.4, 0.5) is 0 Å². The van der Waals surface area contributed by atoms with Crippen molar-refractivity contribution in [2.45, 2.75) is 17.5 Å². The van der Waals surface area contributed by atoms with E-state index in [0.717, 1.165) is 38.6 Å². The van der Waals surface area contributed by atoms with Crippen molar-refractivity contribution in [2.75, 3.05) is 7.11 Å². The molecule has 4 aromatic rings. The van der Waals surface area contributed by atoms with Crippen LogP contribution in [0.1, 0.15) is 16.1 Å². The summed E-state index contributed by atoms with van der Waals surface area (Å²) in [5.41, 5.74) is 8.56. The van der Waals surface area contributed by atoms with Crippen molar-refractivity contribution in [2.24, 2.45) is 5.73 Å². The fourth-order valence-electron chi connectivity index (χ4n) is 3.14. The van der Waals surface area contributed by atoms with Gasteiger partial charge < -0.3 is 10.5 Å². The van der Waals surface area contributed by atoms with Crippen LogP contribution in [-0.2, 0) is 12.3 Å². The van der Waals surface area contributed by atoms with Gasteiger partial charge in [0.15, 0.2) is 11.0 Å². The van der Waals surface area contributed by atoms with Gasteiger partial charge >= 0.3 is 0 Å². The molecule has 0 bridgehead atoms. The monoisotopic (exact) mass is 463 g/mol. The number of rotatable bonds is 9. The maximum absolute atomic E-state index is 11.3. The van der Waals surface area contributed by atoms with E-state index in [9.17, 15) is 4.79 Å². The lowest BCUT2D eigenvalue weighted by Gasteiger charge is -2.10. The van der Waals surface area contributed by atoms with E-state index in [0.29, 0.717) is 17.9 Å². The number of amides is 1. The highest BCUT2D eigenvalue weighted by Gasteiger charge is 2.17. The lowest BCUT2D eigenvalue weighted by atomic mass is 10.1. The summed E-state index contributed by atoms with van der Waals surface area (Å²) in [5.74, 6) is 1.69. The molecule has 7 nitrogen and oxygen atoms in total. The van der Waals surface area contributed by atoms with Crippen molar-refractivity contribution in [1.29, 1.82) is 0 Å². The molecule has 0 fully saturated rings. The second kappa shape index (κ2) is 9.80. The highest BCUT2D eigenvalue weighted by molar-refractivity contribution is 7.98. The molecule has 0 unspecified atom stereocenters. The normalized spacial score (nSPS) is 10.8. The highest BCUT2D eigenvalue weighted by Crippen LogP contribution is 2.32. The van der Waals surface area contributed by atoms with Gasteiger partial charge in [0, 0.05) is 28.8 Å². The quantitative estimate of drug-likeness (QED) is 0.287. The van der Waals surface area contributed by atoms with Crippen LogP contribution in [0.5, 0.6) is 5.75 Å². The Morgan fingerprint density at radius 1 is 1.22 bits per heavy atom. The number of benzene rings is 2. The van der Waals surface area contributed by atoms with E-state index in [2.05, 4.69) is 16.8 Å². The van der Waals surface area contributed by atoms with Crippen LogP contribution in [-0.4, -0.2) is 32.8 Å². The number of para-hydroxylation sites is 1. The maximum atomic E-state index is 11.3. The van der Waals surface area contributed by atoms with Gasteiger partial charge in [-0.3, -0.25) is 9.36 Å². The highest BCUT2D eigenvalue weighted by atomic mass is 32.2. The van der Waals surface area contributed by atoms with Crippen LogP contribution < -0.4 is 10.5 Å². The number of ether oxygens (including phenoxy) is 1. The lowest BCUT2D eigenvalue weighted by Crippen LogP contribution is -2.10. The number of hydrogen-bond acceptors (Lipinski definition) is 7. The van der Waals surface area contributed by atoms with E-state index in [4.69, 9.17) is 15.5 Å². The third-order valence-electron chi connectivity index (χ3n) is 4.69. The number of methoxy groups -OCH3 is 1. The Labute approximate surface area is 194 Å². The second-order valence-electron chi connectivity index (χ2n) is 6.78. The van der Waals surface area contributed by atoms with Crippen LogP contribution in [0.15, 0.2) is 71.7 Å². The van der Waals surface area contributed by atoms with Crippen LogP contribution in [0.2, 0.25) is 0 Å². The zero-order valence-electron chi connectivity index (χ0n) is 17.4. The zero-order chi connectivity index (χ0) is 22.5. The molecule has 2 aromatic carbocycles. The van der Waals surface area contributed by atoms with E-state index in [1.165, 1.54) is 0 Å². The molecule has 2 heterocycles. The van der Waals surface area contributed by atoms with Gasteiger partial charge in [-0.25, -0.2) is 4.98 Å². The predicted octanol–water partition coefficient (Wildman–Crippen LogP) is 4.65. The summed E-state index contributed by atoms with van der Waals surface area (Å²) in [6, 6.07) is 14.9. The summed E-state index contributed by atoms with van der Waals surface area (Å²) in [5, 5.41) is 12.5. The largest absolute Gasteiger partial charge is 0.496 e. The van der Waals surface area contributed by atoms with Crippen molar-refractivity contribution in [3.8, 4) is 27.7 Å². The Hall–Kier alpha value is -3.43. The summed E-state index contributed by atoms with van der Waals surface area (Å²) in [6.07, 6.45) is 1.82. The molecule has 2 aromatic heterocycles. The fourth-order valence-corrected chi connectivity index (χ4v) is 4.91. The molecule has 0 aliphatic rings. The zero-order valence-corrected chi connectivity index (χ0v) is 19.0. The summed E-state index contributed by atoms with van der Waals surface area (Å²) < 4.78 is 7.51. The topological polar surface area (TPSA) is 95.9 Å². The van der Waals surface area contributed by atoms with Crippen LogP contribution >= 0.6 is 23.1 Å². The van der Waals surface area contributed by atoms with Crippen molar-refractivity contribution in [3.05, 3.63) is 77.8 Å². The standard InChI is InChI=1S/C23H21N5O2S2/c1-3-12-28-21(18-6-4-5-7-19(18)30-2)26-27-23(28)32-14-17-13-31-22(25-17)16-10-8-15(9-11-16)20(24)29/h3-11,13H,1,12,14H2,2H3,(H2,24,29). The van der Waals surface area contributed by atoms with Gasteiger partial charge in [-0.1, -0.05) is 42.1 Å². The Bertz CT molecular complexity index is 1250. The number of thiazole rings is 1. The molecule has 0 atom stereocenters. The molecule has 0 spiro atoms. The molecular formula is C23H21N5O2S2. The number of nitrogens with zero attached hydrogens (tertiary/aromatic N) is 4. The van der Waals surface area contributed by atoms with Gasteiger partial charge in [-0.05, 0) is 24.3 Å². The van der Waals surface area contributed by atoms with Gasteiger partial charge in [-0.15, -0.1) is 28.1 Å².